The molecule has 0 radical (unpaired) electrons. The first-order valence-corrected chi connectivity index (χ1v) is 13.4. The van der Waals surface area contributed by atoms with E-state index in [9.17, 15) is 14.7 Å². The molecule has 3 aliphatic rings. The van der Waals surface area contributed by atoms with Crippen LogP contribution in [0, 0.1) is 12.7 Å². The number of carbonyl (C=O) groups excluding carboxylic acids is 2. The second-order valence-electron chi connectivity index (χ2n) is 10.6. The minimum absolute atomic E-state index is 0.143. The molecule has 2 amide bonds. The van der Waals surface area contributed by atoms with Crippen molar-refractivity contribution in [2.45, 2.75) is 19.4 Å². The molecule has 1 saturated heterocycles. The Kier molecular flexibility index (Phi) is 5.69. The molecule has 0 spiro atoms. The number of aromatic nitrogens is 1. The van der Waals surface area contributed by atoms with Crippen LogP contribution in [0.2, 0.25) is 0 Å². The van der Waals surface area contributed by atoms with Crippen molar-refractivity contribution in [3.05, 3.63) is 64.6 Å². The fourth-order valence-electron chi connectivity index (χ4n) is 6.53. The summed E-state index contributed by atoms with van der Waals surface area (Å²) in [6.07, 6.45) is -0.0682. The zero-order chi connectivity index (χ0) is 26.8. The normalized spacial score (nSPS) is 18.2. The fourth-order valence-corrected chi connectivity index (χ4v) is 6.53. The van der Waals surface area contributed by atoms with Crippen LogP contribution in [-0.2, 0) is 11.2 Å². The number of ether oxygens (including phenoxy) is 1. The van der Waals surface area contributed by atoms with Gasteiger partial charge in [-0.3, -0.25) is 14.5 Å². The van der Waals surface area contributed by atoms with Gasteiger partial charge >= 0.3 is 0 Å². The van der Waals surface area contributed by atoms with Crippen molar-refractivity contribution >= 4 is 39.0 Å². The van der Waals surface area contributed by atoms with E-state index in [1.807, 2.05) is 31.2 Å². The van der Waals surface area contributed by atoms with Gasteiger partial charge in [0.1, 0.15) is 5.82 Å². The number of rotatable bonds is 5. The van der Waals surface area contributed by atoms with Crippen LogP contribution in [0.5, 0.6) is 0 Å². The van der Waals surface area contributed by atoms with Crippen LogP contribution in [0.4, 0.5) is 10.1 Å². The summed E-state index contributed by atoms with van der Waals surface area (Å²) in [6, 6.07) is 10.4. The molecular weight excluding hydrogens is 499 g/mol. The second-order valence-corrected chi connectivity index (χ2v) is 10.6. The molecule has 4 aromatic rings. The minimum atomic E-state index is -0.664. The van der Waals surface area contributed by atoms with Gasteiger partial charge in [0.25, 0.3) is 11.8 Å². The molecule has 3 aliphatic heterocycles. The predicted molar refractivity (Wildman–Crippen MR) is 147 cm³/mol. The Bertz CT molecular complexity index is 1670. The number of aliphatic hydroxyl groups is 1. The molecule has 39 heavy (non-hydrogen) atoms. The maximum absolute atomic E-state index is 15.3. The molecule has 7 rings (SSSR count). The molecule has 0 bridgehead atoms. The summed E-state index contributed by atoms with van der Waals surface area (Å²) in [5.74, 6) is -0.745. The van der Waals surface area contributed by atoms with Gasteiger partial charge in [0.15, 0.2) is 0 Å². The number of hydrogen-bond acceptors (Lipinski definition) is 5. The summed E-state index contributed by atoms with van der Waals surface area (Å²) in [5, 5.41) is 16.2. The number of β-amino-alcohol motifs (C(OH)–C–C–N with tert-alkyl or cyclic N) is 1. The Morgan fingerprint density at radius 2 is 1.74 bits per heavy atom. The van der Waals surface area contributed by atoms with E-state index in [0.717, 1.165) is 24.3 Å². The van der Waals surface area contributed by atoms with E-state index in [2.05, 4.69) is 15.2 Å². The molecule has 0 aliphatic carbocycles. The monoisotopic (exact) mass is 528 g/mol. The lowest BCUT2D eigenvalue weighted by molar-refractivity contribution is 0.00679. The highest BCUT2D eigenvalue weighted by atomic mass is 19.1. The number of nitrogens with one attached hydrogen (secondary N) is 2. The number of morpholine rings is 1. The fraction of sp³-hybridized carbons (Fsp3) is 0.333. The summed E-state index contributed by atoms with van der Waals surface area (Å²) in [4.78, 5) is 34.3. The molecule has 0 saturated carbocycles. The highest BCUT2D eigenvalue weighted by molar-refractivity contribution is 6.33. The number of H-pyrrole nitrogens is 1. The van der Waals surface area contributed by atoms with Crippen molar-refractivity contribution in [3.8, 4) is 11.3 Å². The Balaban J connectivity index is 1.31. The van der Waals surface area contributed by atoms with Gasteiger partial charge in [0.2, 0.25) is 0 Å². The topological polar surface area (TPSA) is 97.9 Å². The Morgan fingerprint density at radius 3 is 2.56 bits per heavy atom. The first-order valence-electron chi connectivity index (χ1n) is 13.4. The van der Waals surface area contributed by atoms with E-state index in [1.54, 1.807) is 11.0 Å². The maximum atomic E-state index is 15.3. The van der Waals surface area contributed by atoms with E-state index >= 15 is 4.39 Å². The third-order valence-corrected chi connectivity index (χ3v) is 8.31. The average molecular weight is 529 g/mol. The molecular formula is C30H29FN4O4. The third-order valence-electron chi connectivity index (χ3n) is 8.31. The summed E-state index contributed by atoms with van der Waals surface area (Å²) in [7, 11) is 0. The standard InChI is InChI=1S/C30H29FN4O4/c1-16-23-22(8-9-35(30(23)38)15-17(36)14-34-10-12-39-13-11-34)32-28(16)26-19-4-2-6-20(31)24(19)18-5-3-7-21-25(18)27(26)29(37)33-21/h2-7,17,32,36H,8-15H2,1H3,(H,33,37)/t17-/m0/s1. The van der Waals surface area contributed by atoms with E-state index in [0.29, 0.717) is 82.3 Å². The van der Waals surface area contributed by atoms with Crippen molar-refractivity contribution in [3.63, 3.8) is 0 Å². The molecule has 3 aromatic carbocycles. The molecule has 1 fully saturated rings. The average Bonchev–Trinajstić information content (AvgIpc) is 3.44. The lowest BCUT2D eigenvalue weighted by atomic mass is 9.89. The van der Waals surface area contributed by atoms with E-state index < -0.39 is 6.10 Å². The highest BCUT2D eigenvalue weighted by Gasteiger charge is 2.35. The first-order chi connectivity index (χ1) is 18.9. The van der Waals surface area contributed by atoms with Crippen LogP contribution in [0.1, 0.15) is 32.0 Å². The molecule has 8 nitrogen and oxygen atoms in total. The third kappa shape index (κ3) is 3.76. The lowest BCUT2D eigenvalue weighted by Crippen LogP contribution is -2.47. The highest BCUT2D eigenvalue weighted by Crippen LogP contribution is 2.46. The van der Waals surface area contributed by atoms with Gasteiger partial charge in [-0.15, -0.1) is 0 Å². The van der Waals surface area contributed by atoms with Crippen LogP contribution >= 0.6 is 0 Å². The number of halogens is 1. The number of benzene rings is 3. The number of anilines is 1. The molecule has 0 unspecified atom stereocenters. The van der Waals surface area contributed by atoms with E-state index in [-0.39, 0.29) is 24.2 Å². The van der Waals surface area contributed by atoms with Crippen molar-refractivity contribution < 1.29 is 23.8 Å². The number of fused-ring (bicyclic) bond motifs is 3. The summed E-state index contributed by atoms with van der Waals surface area (Å²) < 4.78 is 20.7. The van der Waals surface area contributed by atoms with Gasteiger partial charge in [-0.25, -0.2) is 4.39 Å². The maximum Gasteiger partial charge on any atom is 0.257 e. The number of nitrogens with zero attached hydrogens (tertiary/aromatic N) is 2. The lowest BCUT2D eigenvalue weighted by Gasteiger charge is -2.32. The van der Waals surface area contributed by atoms with E-state index in [4.69, 9.17) is 4.74 Å². The van der Waals surface area contributed by atoms with Gasteiger partial charge in [-0.2, -0.15) is 0 Å². The first kappa shape index (κ1) is 24.3. The van der Waals surface area contributed by atoms with Crippen LogP contribution in [0.15, 0.2) is 36.4 Å². The van der Waals surface area contributed by atoms with Crippen molar-refractivity contribution in [2.24, 2.45) is 0 Å². The van der Waals surface area contributed by atoms with Crippen LogP contribution in [0.25, 0.3) is 32.8 Å². The summed E-state index contributed by atoms with van der Waals surface area (Å²) in [6.45, 7) is 5.94. The number of aromatic amines is 1. The largest absolute Gasteiger partial charge is 0.390 e. The molecule has 1 aromatic heterocycles. The van der Waals surface area contributed by atoms with Gasteiger partial charge in [0.05, 0.1) is 36.1 Å². The number of aliphatic hydroxyl groups excluding tert-OH is 1. The number of amides is 2. The van der Waals surface area contributed by atoms with Crippen molar-refractivity contribution in [1.82, 2.24) is 14.8 Å². The SMILES string of the molecule is Cc1c(-c2c3c4c(cccc4c4c(F)cccc24)NC3=O)[nH]c2c1C(=O)N(C[C@@H](O)CN1CCOCC1)CC2. The van der Waals surface area contributed by atoms with Gasteiger partial charge in [-0.1, -0.05) is 24.3 Å². The van der Waals surface area contributed by atoms with Crippen molar-refractivity contribution in [2.75, 3.05) is 51.3 Å². The quantitative estimate of drug-likeness (QED) is 0.343. The van der Waals surface area contributed by atoms with Crippen LogP contribution in [-0.4, -0.2) is 83.7 Å². The van der Waals surface area contributed by atoms with E-state index in [1.165, 1.54) is 6.07 Å². The zero-order valence-corrected chi connectivity index (χ0v) is 21.6. The van der Waals surface area contributed by atoms with Crippen LogP contribution in [0.3, 0.4) is 0 Å². The van der Waals surface area contributed by atoms with Gasteiger partial charge < -0.3 is 25.0 Å². The van der Waals surface area contributed by atoms with Gasteiger partial charge in [-0.05, 0) is 35.4 Å². The Morgan fingerprint density at radius 1 is 0.974 bits per heavy atom. The predicted octanol–water partition coefficient (Wildman–Crippen LogP) is 3.69. The molecule has 1 atom stereocenters. The number of carbonyl (C=O) groups is 2. The minimum Gasteiger partial charge on any atom is -0.390 e. The molecule has 4 heterocycles. The Labute approximate surface area is 224 Å². The van der Waals surface area contributed by atoms with Crippen molar-refractivity contribution in [1.29, 1.82) is 0 Å². The smallest absolute Gasteiger partial charge is 0.257 e. The molecule has 9 heteroatoms. The molecule has 3 N–H and O–H groups in total. The summed E-state index contributed by atoms with van der Waals surface area (Å²) >= 11 is 0. The van der Waals surface area contributed by atoms with Crippen LogP contribution < -0.4 is 5.32 Å². The zero-order valence-electron chi connectivity index (χ0n) is 21.6. The number of hydrogen-bond donors (Lipinski definition) is 3. The Hall–Kier alpha value is -3.79. The van der Waals surface area contributed by atoms with Gasteiger partial charge in [0, 0.05) is 66.9 Å². The molecule has 200 valence electrons. The second kappa shape index (κ2) is 9.15. The summed E-state index contributed by atoms with van der Waals surface area (Å²) in [5.41, 5.74) is 4.51.